The second-order valence-corrected chi connectivity index (χ2v) is 5.06. The number of primary amides is 1. The normalized spacial score (nSPS) is 11.3. The van der Waals surface area contributed by atoms with E-state index in [0.29, 0.717) is 11.3 Å². The van der Waals surface area contributed by atoms with Crippen LogP contribution in [-0.2, 0) is 0 Å². The molecule has 0 saturated carbocycles. The van der Waals surface area contributed by atoms with Crippen LogP contribution in [0.25, 0.3) is 33.1 Å². The number of nitrogens with two attached hydrogens (primary N) is 2. The Kier molecular flexibility index (Phi) is 2.43. The maximum absolute atomic E-state index is 11.5. The van der Waals surface area contributed by atoms with Crippen molar-refractivity contribution >= 4 is 33.5 Å². The monoisotopic (exact) mass is 292 g/mol. The van der Waals surface area contributed by atoms with E-state index in [0.717, 1.165) is 27.4 Å². The van der Waals surface area contributed by atoms with Gasteiger partial charge >= 0.3 is 0 Å². The Hall–Kier alpha value is -3.35. The van der Waals surface area contributed by atoms with Crippen molar-refractivity contribution in [1.29, 1.82) is 0 Å². The standard InChI is InChI=1S/C15H12N6O/c16-7-1-2-12-9(3-7)10(5-18-12)8-4-13(14(17)22)20-15-11(8)6-19-21-15/h1-6,18H,16H2,(H2,17,22)(H,19,20,21). The van der Waals surface area contributed by atoms with Crippen LogP contribution in [0.15, 0.2) is 36.7 Å². The molecule has 0 aliphatic carbocycles. The zero-order valence-corrected chi connectivity index (χ0v) is 11.4. The van der Waals surface area contributed by atoms with E-state index in [-0.39, 0.29) is 5.69 Å². The van der Waals surface area contributed by atoms with Gasteiger partial charge in [0.15, 0.2) is 5.65 Å². The second kappa shape index (κ2) is 4.32. The average Bonchev–Trinajstić information content (AvgIpc) is 3.11. The smallest absolute Gasteiger partial charge is 0.267 e. The van der Waals surface area contributed by atoms with Gasteiger partial charge in [0.25, 0.3) is 5.91 Å². The quantitative estimate of drug-likeness (QED) is 0.420. The van der Waals surface area contributed by atoms with Crippen molar-refractivity contribution in [1.82, 2.24) is 20.2 Å². The number of hydrogen-bond acceptors (Lipinski definition) is 4. The molecule has 108 valence electrons. The van der Waals surface area contributed by atoms with Gasteiger partial charge < -0.3 is 16.5 Å². The van der Waals surface area contributed by atoms with Crippen molar-refractivity contribution in [2.24, 2.45) is 5.73 Å². The third kappa shape index (κ3) is 1.72. The Balaban J connectivity index is 2.09. The van der Waals surface area contributed by atoms with Crippen LogP contribution in [0.1, 0.15) is 10.5 Å². The van der Waals surface area contributed by atoms with E-state index >= 15 is 0 Å². The van der Waals surface area contributed by atoms with Gasteiger partial charge in [-0.1, -0.05) is 0 Å². The molecule has 22 heavy (non-hydrogen) atoms. The summed E-state index contributed by atoms with van der Waals surface area (Å²) in [6.45, 7) is 0. The molecule has 0 unspecified atom stereocenters. The summed E-state index contributed by atoms with van der Waals surface area (Å²) >= 11 is 0. The summed E-state index contributed by atoms with van der Waals surface area (Å²) in [5, 5.41) is 8.54. The van der Waals surface area contributed by atoms with Crippen molar-refractivity contribution in [3.8, 4) is 11.1 Å². The zero-order valence-electron chi connectivity index (χ0n) is 11.4. The number of carbonyl (C=O) groups is 1. The van der Waals surface area contributed by atoms with Gasteiger partial charge in [0.1, 0.15) is 5.69 Å². The molecule has 0 aliphatic heterocycles. The Morgan fingerprint density at radius 2 is 2.00 bits per heavy atom. The zero-order chi connectivity index (χ0) is 15.3. The van der Waals surface area contributed by atoms with Crippen LogP contribution >= 0.6 is 0 Å². The summed E-state index contributed by atoms with van der Waals surface area (Å²) in [6, 6.07) is 7.30. The number of rotatable bonds is 2. The van der Waals surface area contributed by atoms with Crippen molar-refractivity contribution in [3.63, 3.8) is 0 Å². The summed E-state index contributed by atoms with van der Waals surface area (Å²) in [5.41, 5.74) is 15.3. The first-order valence-electron chi connectivity index (χ1n) is 6.64. The molecule has 3 aromatic heterocycles. The van der Waals surface area contributed by atoms with E-state index in [1.165, 1.54) is 0 Å². The Labute approximate surface area is 124 Å². The molecule has 0 fully saturated rings. The molecule has 1 amide bonds. The fraction of sp³-hybridized carbons (Fsp3) is 0. The maximum Gasteiger partial charge on any atom is 0.267 e. The highest BCUT2D eigenvalue weighted by molar-refractivity contribution is 6.06. The Morgan fingerprint density at radius 1 is 1.14 bits per heavy atom. The van der Waals surface area contributed by atoms with E-state index < -0.39 is 5.91 Å². The highest BCUT2D eigenvalue weighted by Crippen LogP contribution is 2.34. The number of fused-ring (bicyclic) bond motifs is 2. The molecule has 3 heterocycles. The highest BCUT2D eigenvalue weighted by Gasteiger charge is 2.15. The van der Waals surface area contributed by atoms with Gasteiger partial charge in [0, 0.05) is 33.7 Å². The fourth-order valence-corrected chi connectivity index (χ4v) is 2.64. The van der Waals surface area contributed by atoms with E-state index in [2.05, 4.69) is 20.2 Å². The Morgan fingerprint density at radius 3 is 2.82 bits per heavy atom. The van der Waals surface area contributed by atoms with E-state index in [1.807, 2.05) is 24.4 Å². The predicted octanol–water partition coefficient (Wildman–Crippen LogP) is 1.79. The van der Waals surface area contributed by atoms with Gasteiger partial charge in [-0.05, 0) is 29.8 Å². The summed E-state index contributed by atoms with van der Waals surface area (Å²) in [6.07, 6.45) is 3.55. The molecule has 7 heteroatoms. The minimum Gasteiger partial charge on any atom is -0.399 e. The number of carbonyl (C=O) groups excluding carboxylic acids is 1. The first-order chi connectivity index (χ1) is 10.6. The molecular weight excluding hydrogens is 280 g/mol. The number of nitrogens with one attached hydrogen (secondary N) is 2. The highest BCUT2D eigenvalue weighted by atomic mass is 16.1. The molecular formula is C15H12N6O. The third-order valence-corrected chi connectivity index (χ3v) is 3.67. The molecule has 0 radical (unpaired) electrons. The van der Waals surface area contributed by atoms with Gasteiger partial charge in [0.2, 0.25) is 0 Å². The number of H-pyrrole nitrogens is 2. The first kappa shape index (κ1) is 12.4. The number of aromatic amines is 2. The summed E-state index contributed by atoms with van der Waals surface area (Å²) in [7, 11) is 0. The fourth-order valence-electron chi connectivity index (χ4n) is 2.64. The van der Waals surface area contributed by atoms with Crippen LogP contribution in [0.2, 0.25) is 0 Å². The van der Waals surface area contributed by atoms with Gasteiger partial charge in [-0.2, -0.15) is 5.10 Å². The number of pyridine rings is 1. The molecule has 0 atom stereocenters. The number of anilines is 1. The number of nitrogen functional groups attached to an aromatic ring is 1. The van der Waals surface area contributed by atoms with E-state index in [4.69, 9.17) is 11.5 Å². The second-order valence-electron chi connectivity index (χ2n) is 5.06. The van der Waals surface area contributed by atoms with Crippen LogP contribution in [0.5, 0.6) is 0 Å². The van der Waals surface area contributed by atoms with Crippen LogP contribution < -0.4 is 11.5 Å². The lowest BCUT2D eigenvalue weighted by Crippen LogP contribution is -2.13. The lowest BCUT2D eigenvalue weighted by Gasteiger charge is -2.04. The topological polar surface area (TPSA) is 126 Å². The van der Waals surface area contributed by atoms with Crippen molar-refractivity contribution in [3.05, 3.63) is 42.4 Å². The predicted molar refractivity (Wildman–Crippen MR) is 84.1 cm³/mol. The molecule has 0 saturated heterocycles. The molecule has 6 N–H and O–H groups in total. The van der Waals surface area contributed by atoms with E-state index in [1.54, 1.807) is 12.3 Å². The summed E-state index contributed by atoms with van der Waals surface area (Å²) in [4.78, 5) is 18.9. The number of nitrogens with zero attached hydrogens (tertiary/aromatic N) is 2. The molecule has 7 nitrogen and oxygen atoms in total. The van der Waals surface area contributed by atoms with Gasteiger partial charge in [-0.25, -0.2) is 4.98 Å². The lowest BCUT2D eigenvalue weighted by atomic mass is 10.0. The van der Waals surface area contributed by atoms with Gasteiger partial charge in [-0.3, -0.25) is 9.89 Å². The van der Waals surface area contributed by atoms with Crippen molar-refractivity contribution in [2.45, 2.75) is 0 Å². The summed E-state index contributed by atoms with van der Waals surface area (Å²) < 4.78 is 0. The lowest BCUT2D eigenvalue weighted by molar-refractivity contribution is 0.0996. The van der Waals surface area contributed by atoms with Crippen LogP contribution in [0, 0.1) is 0 Å². The number of hydrogen-bond donors (Lipinski definition) is 4. The first-order valence-corrected chi connectivity index (χ1v) is 6.64. The average molecular weight is 292 g/mol. The molecule has 0 spiro atoms. The number of amides is 1. The molecule has 0 aliphatic rings. The van der Waals surface area contributed by atoms with Gasteiger partial charge in [0.05, 0.1) is 6.20 Å². The number of benzene rings is 1. The largest absolute Gasteiger partial charge is 0.399 e. The molecule has 4 rings (SSSR count). The molecule has 0 bridgehead atoms. The molecule has 4 aromatic rings. The number of aromatic nitrogens is 4. The van der Waals surface area contributed by atoms with Crippen LogP contribution in [0.3, 0.4) is 0 Å². The minimum absolute atomic E-state index is 0.185. The third-order valence-electron chi connectivity index (χ3n) is 3.67. The summed E-state index contributed by atoms with van der Waals surface area (Å²) in [5.74, 6) is -0.586. The maximum atomic E-state index is 11.5. The SMILES string of the molecule is NC(=O)c1cc(-c2c[nH]c3ccc(N)cc23)c2cn[nH]c2n1. The van der Waals surface area contributed by atoms with Crippen LogP contribution in [0.4, 0.5) is 5.69 Å². The van der Waals surface area contributed by atoms with Crippen molar-refractivity contribution < 1.29 is 4.79 Å². The Bertz CT molecular complexity index is 1030. The minimum atomic E-state index is -0.586. The van der Waals surface area contributed by atoms with E-state index in [9.17, 15) is 4.79 Å². The van der Waals surface area contributed by atoms with Gasteiger partial charge in [-0.15, -0.1) is 0 Å². The van der Waals surface area contributed by atoms with Crippen molar-refractivity contribution in [2.75, 3.05) is 5.73 Å². The van der Waals surface area contributed by atoms with Crippen LogP contribution in [-0.4, -0.2) is 26.1 Å². The molecule has 1 aromatic carbocycles.